The Balaban J connectivity index is 2.83. The zero-order valence-corrected chi connectivity index (χ0v) is 9.51. The lowest BCUT2D eigenvalue weighted by molar-refractivity contribution is 0.658. The fourth-order valence-corrected chi connectivity index (χ4v) is 2.78. The van der Waals surface area contributed by atoms with Crippen LogP contribution in [0.2, 0.25) is 0 Å². The van der Waals surface area contributed by atoms with Gasteiger partial charge in [0.2, 0.25) is 0 Å². The van der Waals surface area contributed by atoms with E-state index in [0.717, 1.165) is 23.4 Å². The van der Waals surface area contributed by atoms with Gasteiger partial charge in [-0.1, -0.05) is 13.8 Å². The van der Waals surface area contributed by atoms with Crippen LogP contribution in [-0.4, -0.2) is 9.46 Å². The summed E-state index contributed by atoms with van der Waals surface area (Å²) in [5.74, 6) is 0. The SMILES string of the molecule is CCC(CC)S(=O)c1ccc(N)cc1. The highest BCUT2D eigenvalue weighted by Crippen LogP contribution is 2.17. The van der Waals surface area contributed by atoms with E-state index in [-0.39, 0.29) is 5.25 Å². The molecule has 1 rings (SSSR count). The van der Waals surface area contributed by atoms with Gasteiger partial charge in [0.25, 0.3) is 0 Å². The summed E-state index contributed by atoms with van der Waals surface area (Å²) in [6, 6.07) is 7.30. The molecule has 0 amide bonds. The van der Waals surface area contributed by atoms with Crippen molar-refractivity contribution in [3.05, 3.63) is 24.3 Å². The molecular weight excluding hydrogens is 194 g/mol. The van der Waals surface area contributed by atoms with Crippen LogP contribution in [0.25, 0.3) is 0 Å². The monoisotopic (exact) mass is 211 g/mol. The minimum absolute atomic E-state index is 0.263. The average molecular weight is 211 g/mol. The Hall–Kier alpha value is -0.830. The number of benzene rings is 1. The van der Waals surface area contributed by atoms with Gasteiger partial charge in [0.05, 0.1) is 10.8 Å². The van der Waals surface area contributed by atoms with Crippen molar-refractivity contribution in [2.24, 2.45) is 0 Å². The first kappa shape index (κ1) is 11.2. The van der Waals surface area contributed by atoms with Crippen molar-refractivity contribution in [1.82, 2.24) is 0 Å². The first-order valence-electron chi connectivity index (χ1n) is 4.95. The Morgan fingerprint density at radius 3 is 2.14 bits per heavy atom. The lowest BCUT2D eigenvalue weighted by atomic mass is 10.3. The molecule has 0 aliphatic rings. The lowest BCUT2D eigenvalue weighted by Crippen LogP contribution is -2.12. The molecule has 3 heteroatoms. The molecule has 0 heterocycles. The summed E-state index contributed by atoms with van der Waals surface area (Å²) in [6.45, 7) is 4.15. The molecule has 0 fully saturated rings. The summed E-state index contributed by atoms with van der Waals surface area (Å²) in [5, 5.41) is 0.263. The summed E-state index contributed by atoms with van der Waals surface area (Å²) in [6.07, 6.45) is 1.90. The predicted octanol–water partition coefficient (Wildman–Crippen LogP) is 2.57. The van der Waals surface area contributed by atoms with Gasteiger partial charge in [-0.2, -0.15) is 0 Å². The third-order valence-electron chi connectivity index (χ3n) is 2.33. The van der Waals surface area contributed by atoms with Gasteiger partial charge in [-0.15, -0.1) is 0 Å². The zero-order chi connectivity index (χ0) is 10.6. The molecule has 0 aliphatic carbocycles. The average Bonchev–Trinajstić information content (AvgIpc) is 2.20. The van der Waals surface area contributed by atoms with Gasteiger partial charge in [0, 0.05) is 15.8 Å². The Bertz CT molecular complexity index is 304. The van der Waals surface area contributed by atoms with Gasteiger partial charge in [-0.05, 0) is 37.1 Å². The highest BCUT2D eigenvalue weighted by atomic mass is 32.2. The number of rotatable bonds is 4. The molecule has 0 spiro atoms. The van der Waals surface area contributed by atoms with E-state index in [9.17, 15) is 4.21 Å². The van der Waals surface area contributed by atoms with Gasteiger partial charge in [-0.25, -0.2) is 0 Å². The van der Waals surface area contributed by atoms with Crippen LogP contribution in [0.4, 0.5) is 5.69 Å². The molecule has 2 nitrogen and oxygen atoms in total. The summed E-state index contributed by atoms with van der Waals surface area (Å²) in [4.78, 5) is 0.882. The number of hydrogen-bond donors (Lipinski definition) is 1. The Morgan fingerprint density at radius 1 is 1.21 bits per heavy atom. The molecule has 1 unspecified atom stereocenters. The molecule has 0 aromatic heterocycles. The fourth-order valence-electron chi connectivity index (χ4n) is 1.39. The Labute approximate surface area is 88.0 Å². The minimum Gasteiger partial charge on any atom is -0.399 e. The molecule has 1 aromatic carbocycles. The van der Waals surface area contributed by atoms with Crippen LogP contribution in [0.1, 0.15) is 26.7 Å². The second-order valence-corrected chi connectivity index (χ2v) is 5.04. The topological polar surface area (TPSA) is 43.1 Å². The van der Waals surface area contributed by atoms with Crippen molar-refractivity contribution in [3.8, 4) is 0 Å². The van der Waals surface area contributed by atoms with Crippen molar-refractivity contribution in [2.75, 3.05) is 5.73 Å². The molecule has 1 aromatic rings. The molecule has 0 saturated carbocycles. The van der Waals surface area contributed by atoms with Crippen LogP contribution < -0.4 is 5.73 Å². The second-order valence-electron chi connectivity index (χ2n) is 3.30. The highest BCUT2D eigenvalue weighted by molar-refractivity contribution is 7.85. The first-order chi connectivity index (χ1) is 6.69. The molecule has 2 N–H and O–H groups in total. The predicted molar refractivity (Wildman–Crippen MR) is 61.6 cm³/mol. The summed E-state index contributed by atoms with van der Waals surface area (Å²) in [7, 11) is -0.885. The van der Waals surface area contributed by atoms with Crippen molar-refractivity contribution in [2.45, 2.75) is 36.8 Å². The third kappa shape index (κ3) is 2.58. The lowest BCUT2D eigenvalue weighted by Gasteiger charge is -2.11. The first-order valence-corrected chi connectivity index (χ1v) is 6.16. The van der Waals surface area contributed by atoms with E-state index in [4.69, 9.17) is 5.73 Å². The summed E-state index contributed by atoms with van der Waals surface area (Å²) in [5.41, 5.74) is 6.29. The van der Waals surface area contributed by atoms with E-state index >= 15 is 0 Å². The van der Waals surface area contributed by atoms with E-state index in [2.05, 4.69) is 13.8 Å². The van der Waals surface area contributed by atoms with Crippen molar-refractivity contribution in [3.63, 3.8) is 0 Å². The Kier molecular flexibility index (Phi) is 4.14. The van der Waals surface area contributed by atoms with Gasteiger partial charge in [0.15, 0.2) is 0 Å². The molecule has 14 heavy (non-hydrogen) atoms. The second kappa shape index (κ2) is 5.15. The standard InChI is InChI=1S/C11H17NOS/c1-3-10(4-2)14(13)11-7-5-9(12)6-8-11/h5-8,10H,3-4,12H2,1-2H3. The maximum atomic E-state index is 12.0. The van der Waals surface area contributed by atoms with Gasteiger partial charge >= 0.3 is 0 Å². The zero-order valence-electron chi connectivity index (χ0n) is 8.69. The van der Waals surface area contributed by atoms with Crippen LogP contribution in [0.3, 0.4) is 0 Å². The maximum Gasteiger partial charge on any atom is 0.0560 e. The number of nitrogens with two attached hydrogens (primary N) is 1. The smallest absolute Gasteiger partial charge is 0.0560 e. The molecular formula is C11H17NOS. The molecule has 1 atom stereocenters. The van der Waals surface area contributed by atoms with E-state index < -0.39 is 10.8 Å². The van der Waals surface area contributed by atoms with Gasteiger partial charge in [0.1, 0.15) is 0 Å². The number of anilines is 1. The number of nitrogen functional groups attached to an aromatic ring is 1. The fraction of sp³-hybridized carbons (Fsp3) is 0.455. The summed E-state index contributed by atoms with van der Waals surface area (Å²) >= 11 is 0. The number of hydrogen-bond acceptors (Lipinski definition) is 2. The van der Waals surface area contributed by atoms with Crippen LogP contribution in [0.5, 0.6) is 0 Å². The van der Waals surface area contributed by atoms with Crippen LogP contribution in [0, 0.1) is 0 Å². The third-order valence-corrected chi connectivity index (χ3v) is 4.33. The van der Waals surface area contributed by atoms with Crippen molar-refractivity contribution >= 4 is 16.5 Å². The molecule has 0 radical (unpaired) electrons. The maximum absolute atomic E-state index is 12.0. The largest absolute Gasteiger partial charge is 0.399 e. The normalized spacial score (nSPS) is 13.1. The summed E-state index contributed by atoms with van der Waals surface area (Å²) < 4.78 is 12.0. The minimum atomic E-state index is -0.885. The molecule has 78 valence electrons. The van der Waals surface area contributed by atoms with E-state index in [1.54, 1.807) is 12.1 Å². The van der Waals surface area contributed by atoms with E-state index in [1.807, 2.05) is 12.1 Å². The quantitative estimate of drug-likeness (QED) is 0.778. The Morgan fingerprint density at radius 2 is 1.71 bits per heavy atom. The van der Waals surface area contributed by atoms with E-state index in [0.29, 0.717) is 0 Å². The van der Waals surface area contributed by atoms with Crippen LogP contribution in [0.15, 0.2) is 29.2 Å². The molecule has 0 aliphatic heterocycles. The van der Waals surface area contributed by atoms with Crippen molar-refractivity contribution in [1.29, 1.82) is 0 Å². The molecule has 0 saturated heterocycles. The van der Waals surface area contributed by atoms with Crippen molar-refractivity contribution < 1.29 is 4.21 Å². The highest BCUT2D eigenvalue weighted by Gasteiger charge is 2.13. The van der Waals surface area contributed by atoms with Gasteiger partial charge in [-0.3, -0.25) is 4.21 Å². The van der Waals surface area contributed by atoms with Crippen LogP contribution >= 0.6 is 0 Å². The van der Waals surface area contributed by atoms with Crippen LogP contribution in [-0.2, 0) is 10.8 Å². The van der Waals surface area contributed by atoms with E-state index in [1.165, 1.54) is 0 Å². The molecule has 0 bridgehead atoms. The van der Waals surface area contributed by atoms with Gasteiger partial charge < -0.3 is 5.73 Å².